The highest BCUT2D eigenvalue weighted by Gasteiger charge is 2.41. The van der Waals surface area contributed by atoms with Gasteiger partial charge in [0.1, 0.15) is 76.6 Å². The van der Waals surface area contributed by atoms with Crippen LogP contribution >= 0.6 is 23.2 Å². The zero-order valence-electron chi connectivity index (χ0n) is 43.0. The van der Waals surface area contributed by atoms with Crippen LogP contribution in [0.4, 0.5) is 0 Å². The van der Waals surface area contributed by atoms with Crippen molar-refractivity contribution in [3.05, 3.63) is 164 Å². The van der Waals surface area contributed by atoms with E-state index < -0.39 is 164 Å². The number of ketones is 1. The minimum atomic E-state index is -2.20. The summed E-state index contributed by atoms with van der Waals surface area (Å²) in [4.78, 5) is 116. The first-order valence-electron chi connectivity index (χ1n) is 25.3. The number of benzene rings is 7. The van der Waals surface area contributed by atoms with Gasteiger partial charge < -0.3 is 87.0 Å². The number of aliphatic hydroxyl groups is 1. The number of aromatic hydroxyl groups is 6. The zero-order chi connectivity index (χ0) is 60.4. The van der Waals surface area contributed by atoms with Gasteiger partial charge in [-0.15, -0.1) is 0 Å². The highest BCUT2D eigenvalue weighted by atomic mass is 35.5. The maximum Gasteiger partial charge on any atom is 0.330 e. The number of nitrogens with one attached hydrogen (secondary N) is 6. The molecular formula is C58H42Cl2N6O19. The van der Waals surface area contributed by atoms with Gasteiger partial charge in [0, 0.05) is 40.8 Å². The van der Waals surface area contributed by atoms with Gasteiger partial charge in [0.15, 0.2) is 29.0 Å². The largest absolute Gasteiger partial charge is 0.508 e. The molecule has 432 valence electrons. The quantitative estimate of drug-likeness (QED) is 0.0943. The number of carbonyl (C=O) groups is 8. The number of amides is 6. The summed E-state index contributed by atoms with van der Waals surface area (Å²) >= 11 is 13.6. The number of phenolic OH excluding ortho intramolecular Hbond substituents is 6. The third-order valence-electron chi connectivity index (χ3n) is 14.2. The molecule has 6 heterocycles. The van der Waals surface area contributed by atoms with Crippen LogP contribution in [0.3, 0.4) is 0 Å². The van der Waals surface area contributed by atoms with Crippen molar-refractivity contribution >= 4 is 70.4 Å². The molecule has 27 heteroatoms. The number of hydrogen-bond acceptors (Lipinski definition) is 18. The summed E-state index contributed by atoms with van der Waals surface area (Å²) in [7, 11) is 0. The minimum absolute atomic E-state index is 0.170. The summed E-state index contributed by atoms with van der Waals surface area (Å²) in [5.41, 5.74) is -2.62. The Morgan fingerprint density at radius 3 is 1.76 bits per heavy atom. The number of aliphatic carboxylic acids is 1. The molecule has 6 aliphatic heterocycles. The molecule has 0 fully saturated rings. The lowest BCUT2D eigenvalue weighted by Gasteiger charge is -2.31. The molecule has 13 rings (SSSR count). The van der Waals surface area contributed by atoms with E-state index in [1.54, 1.807) is 0 Å². The Balaban J connectivity index is 1.15. The molecule has 6 aliphatic rings. The molecule has 0 saturated carbocycles. The summed E-state index contributed by atoms with van der Waals surface area (Å²) in [5, 5.41) is 104. The zero-order valence-corrected chi connectivity index (χ0v) is 44.6. The molecule has 6 amide bonds. The van der Waals surface area contributed by atoms with Crippen LogP contribution in [0.15, 0.2) is 115 Å². The van der Waals surface area contributed by atoms with E-state index in [9.17, 15) is 64.8 Å². The van der Waals surface area contributed by atoms with Crippen molar-refractivity contribution in [1.82, 2.24) is 31.9 Å². The van der Waals surface area contributed by atoms with Gasteiger partial charge in [-0.3, -0.25) is 33.6 Å². The third kappa shape index (κ3) is 10.8. The summed E-state index contributed by atoms with van der Waals surface area (Å²) in [6.45, 7) is 0. The number of rotatable bonds is 1. The number of ether oxygens (including phenoxy) is 3. The molecule has 0 spiro atoms. The molecule has 0 saturated heterocycles. The van der Waals surface area contributed by atoms with E-state index in [0.29, 0.717) is 0 Å². The first kappa shape index (κ1) is 56.1. The number of aliphatic hydroxyl groups excluding tert-OH is 1. The Kier molecular flexibility index (Phi) is 14.4. The summed E-state index contributed by atoms with van der Waals surface area (Å²) in [6, 6.07) is 8.38. The number of hydrogen-bond donors (Lipinski definition) is 14. The fraction of sp³-hybridized carbons (Fsp3) is 0.138. The maximum atomic E-state index is 15.7. The van der Waals surface area contributed by atoms with Gasteiger partial charge in [-0.2, -0.15) is 0 Å². The van der Waals surface area contributed by atoms with E-state index in [0.717, 1.165) is 84.9 Å². The topological polar surface area (TPSA) is 398 Å². The highest BCUT2D eigenvalue weighted by molar-refractivity contribution is 6.43. The van der Waals surface area contributed by atoms with Gasteiger partial charge in [0.25, 0.3) is 5.91 Å². The second-order valence-electron chi connectivity index (χ2n) is 19.9. The molecule has 7 aromatic rings. The average Bonchev–Trinajstić information content (AvgIpc) is 3.65. The predicted octanol–water partition coefficient (Wildman–Crippen LogP) is 5.17. The summed E-state index contributed by atoms with van der Waals surface area (Å²) in [5.74, 6) is -17.2. The molecule has 7 aromatic carbocycles. The molecule has 85 heavy (non-hydrogen) atoms. The summed E-state index contributed by atoms with van der Waals surface area (Å²) in [6.07, 6.45) is -2.58. The number of carboxylic acids is 1. The van der Waals surface area contributed by atoms with Gasteiger partial charge >= 0.3 is 5.97 Å². The maximum absolute atomic E-state index is 15.7. The van der Waals surface area contributed by atoms with Gasteiger partial charge in [-0.1, -0.05) is 41.4 Å². The molecular weight excluding hydrogens is 1160 g/mol. The fourth-order valence-corrected chi connectivity index (χ4v) is 10.6. The van der Waals surface area contributed by atoms with Crippen LogP contribution in [0, 0.1) is 0 Å². The first-order chi connectivity index (χ1) is 40.5. The second-order valence-corrected chi connectivity index (χ2v) is 20.7. The molecule has 25 nitrogen and oxygen atoms in total. The standard InChI is InChI=1S/C58H42Cl2N6O19/c59-32-9-21-1-7-38(32)84-41-16-26-17-42(51(41)74)85-39-8-4-23(14-33(39)60)49(72)48-56(79)65-47(58(81)82)31-19-28(68)20-37(71)43(31)30-13-22(2-5-35(30)69)44(53(76)66-48)63-55(78)46(26)64-54(77)45-25-11-27(67)18-29(12-25)83-40-15-24(3-6-36(40)70)50(73)57(80)61-34(10-21)52(75)62-45/h1-9,11-20,34,44-49,67-72,74H,10H2,(H,61,80)(H,62,75)(H,63,78)(H,64,77)(H,65,79)(H,66,76)(H,81,82)/t34-,44-,45+,46-,47-,48+,49-/m1/s1. The smallest absolute Gasteiger partial charge is 0.330 e. The van der Waals surface area contributed by atoms with Crippen LogP contribution < -0.4 is 46.1 Å². The van der Waals surface area contributed by atoms with Crippen molar-refractivity contribution in [1.29, 1.82) is 0 Å². The molecule has 17 bridgehead atoms. The molecule has 0 aliphatic carbocycles. The van der Waals surface area contributed by atoms with Crippen molar-refractivity contribution in [2.75, 3.05) is 0 Å². The molecule has 14 N–H and O–H groups in total. The van der Waals surface area contributed by atoms with Crippen LogP contribution in [0.5, 0.6) is 69.0 Å². The highest BCUT2D eigenvalue weighted by Crippen LogP contribution is 2.48. The van der Waals surface area contributed by atoms with Crippen molar-refractivity contribution in [2.24, 2.45) is 0 Å². The lowest BCUT2D eigenvalue weighted by molar-refractivity contribution is -0.143. The van der Waals surface area contributed by atoms with Crippen LogP contribution in [-0.2, 0) is 40.0 Å². The normalized spacial score (nSPS) is 21.2. The van der Waals surface area contributed by atoms with E-state index in [-0.39, 0.29) is 60.7 Å². The van der Waals surface area contributed by atoms with Crippen molar-refractivity contribution in [3.63, 3.8) is 0 Å². The van der Waals surface area contributed by atoms with Crippen molar-refractivity contribution < 1.29 is 93.4 Å². The van der Waals surface area contributed by atoms with Crippen LogP contribution in [-0.4, -0.2) is 100 Å². The van der Waals surface area contributed by atoms with Gasteiger partial charge in [0.2, 0.25) is 41.1 Å². The lowest BCUT2D eigenvalue weighted by atomic mass is 9.89. The SMILES string of the molecule is O=C1N[C@@H]2Cc3ccc(c(Cl)c3)Oc3cc4cc(c3O)Oc3ccc(cc3Cl)[C@@H](O)[C@@H]3NC(=O)[C@H](NC(=O)[C@@H]4NC(=O)[C@@H](NC2=O)c2cc(O)cc(c2)Oc2cc(ccc2O)C1=O)c1ccc(O)c(c1)-c1c(O)cc(O)cc1[C@H](C(=O)O)NC3=O. The summed E-state index contributed by atoms with van der Waals surface area (Å²) < 4.78 is 18.2. The van der Waals surface area contributed by atoms with E-state index >= 15 is 14.4 Å². The predicted molar refractivity (Wildman–Crippen MR) is 292 cm³/mol. The van der Waals surface area contributed by atoms with Crippen LogP contribution in [0.25, 0.3) is 11.1 Å². The van der Waals surface area contributed by atoms with E-state index in [1.807, 2.05) is 0 Å². The number of carboxylic acid groups (broad SMARTS) is 1. The number of fused-ring (bicyclic) bond motifs is 14. The lowest BCUT2D eigenvalue weighted by Crippen LogP contribution is -2.55. The fourth-order valence-electron chi connectivity index (χ4n) is 10.1. The molecule has 7 atom stereocenters. The van der Waals surface area contributed by atoms with Crippen molar-refractivity contribution in [3.8, 4) is 80.1 Å². The van der Waals surface area contributed by atoms with E-state index in [2.05, 4.69) is 31.9 Å². The average molecular weight is 1200 g/mol. The number of halogens is 2. The Hall–Kier alpha value is -10.8. The first-order valence-corrected chi connectivity index (χ1v) is 26.1. The van der Waals surface area contributed by atoms with Gasteiger partial charge in [0.05, 0.1) is 10.0 Å². The number of phenols is 6. The van der Waals surface area contributed by atoms with Crippen LogP contribution in [0.1, 0.15) is 74.0 Å². The molecule has 0 radical (unpaired) electrons. The van der Waals surface area contributed by atoms with E-state index in [1.165, 1.54) is 30.3 Å². The Morgan fingerprint density at radius 2 is 1.09 bits per heavy atom. The van der Waals surface area contributed by atoms with Gasteiger partial charge in [-0.05, 0) is 113 Å². The number of carbonyl (C=O) groups excluding carboxylic acids is 7. The number of Topliss-reactive ketones (excluding diaryl/α,β-unsaturated/α-hetero) is 1. The third-order valence-corrected chi connectivity index (χ3v) is 14.8. The molecule has 0 aromatic heterocycles. The Morgan fingerprint density at radius 1 is 0.494 bits per heavy atom. The second kappa shape index (κ2) is 21.9. The Labute approximate surface area is 486 Å². The van der Waals surface area contributed by atoms with Crippen LogP contribution in [0.2, 0.25) is 10.0 Å². The Bertz CT molecular complexity index is 4080. The van der Waals surface area contributed by atoms with Crippen molar-refractivity contribution in [2.45, 2.75) is 48.8 Å². The van der Waals surface area contributed by atoms with E-state index in [4.69, 9.17) is 37.4 Å². The minimum Gasteiger partial charge on any atom is -0.508 e. The molecule has 0 unspecified atom stereocenters. The monoisotopic (exact) mass is 1200 g/mol. The van der Waals surface area contributed by atoms with Gasteiger partial charge in [-0.25, -0.2) is 4.79 Å².